The van der Waals surface area contributed by atoms with E-state index in [1.54, 1.807) is 23.9 Å². The van der Waals surface area contributed by atoms with Crippen LogP contribution < -0.4 is 4.57 Å². The van der Waals surface area contributed by atoms with Crippen LogP contribution in [0.1, 0.15) is 24.9 Å². The van der Waals surface area contributed by atoms with Crippen LogP contribution in [-0.2, 0) is 7.05 Å². The standard InChI is InChI=1S/C31H26NO/c1-19-16-20(2)29(27-17-26(21(3)18-32(27)4)22-10-6-5-7-11-22)31-28(19)25-15-14-23-12-8-9-13-24(23)30(25)33-31/h5-18H,1-4H3/q+1/i1D3,3D3. The normalized spacial score (nSPS) is 15.1. The van der Waals surface area contributed by atoms with E-state index in [9.17, 15) is 0 Å². The molecule has 0 saturated carbocycles. The van der Waals surface area contributed by atoms with Crippen molar-refractivity contribution in [2.24, 2.45) is 7.05 Å². The average Bonchev–Trinajstić information content (AvgIpc) is 3.27. The fourth-order valence-electron chi connectivity index (χ4n) is 4.88. The van der Waals surface area contributed by atoms with Crippen molar-refractivity contribution in [1.82, 2.24) is 0 Å². The molecule has 4 aromatic carbocycles. The number of aromatic nitrogens is 1. The van der Waals surface area contributed by atoms with E-state index < -0.39 is 13.7 Å². The van der Waals surface area contributed by atoms with E-state index in [0.29, 0.717) is 22.1 Å². The highest BCUT2D eigenvalue weighted by Crippen LogP contribution is 2.42. The Morgan fingerprint density at radius 3 is 2.36 bits per heavy atom. The number of hydrogen-bond acceptors (Lipinski definition) is 1. The summed E-state index contributed by atoms with van der Waals surface area (Å²) >= 11 is 0. The maximum Gasteiger partial charge on any atom is 0.216 e. The number of fused-ring (bicyclic) bond motifs is 5. The van der Waals surface area contributed by atoms with E-state index >= 15 is 0 Å². The topological polar surface area (TPSA) is 17.0 Å². The van der Waals surface area contributed by atoms with Gasteiger partial charge >= 0.3 is 0 Å². The molecule has 6 aromatic rings. The molecule has 2 nitrogen and oxygen atoms in total. The predicted octanol–water partition coefficient (Wildman–Crippen LogP) is 7.82. The van der Waals surface area contributed by atoms with E-state index in [1.165, 1.54) is 0 Å². The Morgan fingerprint density at radius 1 is 0.758 bits per heavy atom. The highest BCUT2D eigenvalue weighted by Gasteiger charge is 2.24. The largest absolute Gasteiger partial charge is 0.454 e. The Morgan fingerprint density at radius 2 is 1.55 bits per heavy atom. The van der Waals surface area contributed by atoms with Crippen LogP contribution in [0.3, 0.4) is 0 Å². The van der Waals surface area contributed by atoms with Gasteiger partial charge in [0.1, 0.15) is 18.2 Å². The molecule has 2 aromatic heterocycles. The molecule has 160 valence electrons. The highest BCUT2D eigenvalue weighted by molar-refractivity contribution is 6.18. The molecule has 0 aliphatic rings. The molecule has 2 heterocycles. The summed E-state index contributed by atoms with van der Waals surface area (Å²) in [5, 5.41) is 3.19. The maximum absolute atomic E-state index is 8.31. The lowest BCUT2D eigenvalue weighted by atomic mass is 9.94. The lowest BCUT2D eigenvalue weighted by molar-refractivity contribution is -0.660. The molecule has 0 aliphatic heterocycles. The fourth-order valence-corrected chi connectivity index (χ4v) is 4.88. The summed E-state index contributed by atoms with van der Waals surface area (Å²) in [7, 11) is 1.81. The molecule has 0 atom stereocenters. The third kappa shape index (κ3) is 2.98. The van der Waals surface area contributed by atoms with Gasteiger partial charge in [-0.2, -0.15) is 0 Å². The van der Waals surface area contributed by atoms with E-state index in [1.807, 2.05) is 79.7 Å². The van der Waals surface area contributed by atoms with Crippen LogP contribution in [0.15, 0.2) is 89.5 Å². The first-order chi connectivity index (χ1) is 18.4. The lowest BCUT2D eigenvalue weighted by Gasteiger charge is -2.11. The molecule has 0 saturated heterocycles. The van der Waals surface area contributed by atoms with E-state index in [0.717, 1.165) is 38.5 Å². The Hall–Kier alpha value is -3.91. The van der Waals surface area contributed by atoms with Crippen LogP contribution in [0.5, 0.6) is 0 Å². The Bertz CT molecular complexity index is 1900. The molecule has 0 unspecified atom stereocenters. The Balaban J connectivity index is 1.77. The van der Waals surface area contributed by atoms with Gasteiger partial charge in [0.25, 0.3) is 0 Å². The number of aryl methyl sites for hydroxylation is 4. The molecule has 0 fully saturated rings. The first-order valence-corrected chi connectivity index (χ1v) is 10.9. The van der Waals surface area contributed by atoms with Crippen molar-refractivity contribution in [2.75, 3.05) is 0 Å². The summed E-state index contributed by atoms with van der Waals surface area (Å²) in [6, 6.07) is 24.8. The molecule has 0 bridgehead atoms. The van der Waals surface area contributed by atoms with Gasteiger partial charge in [-0.25, -0.2) is 4.57 Å². The summed E-state index contributed by atoms with van der Waals surface area (Å²) in [5.74, 6) is 0. The van der Waals surface area contributed by atoms with Crippen LogP contribution in [0.2, 0.25) is 0 Å². The van der Waals surface area contributed by atoms with Crippen molar-refractivity contribution >= 4 is 32.7 Å². The number of pyridine rings is 1. The lowest BCUT2D eigenvalue weighted by Crippen LogP contribution is -2.31. The van der Waals surface area contributed by atoms with Gasteiger partial charge in [0.05, 0.1) is 5.56 Å². The zero-order valence-electron chi connectivity index (χ0n) is 24.4. The molecular weight excluding hydrogens is 402 g/mol. The third-order valence-electron chi connectivity index (χ3n) is 6.45. The van der Waals surface area contributed by atoms with Crippen LogP contribution in [0.25, 0.3) is 55.1 Å². The molecule has 0 radical (unpaired) electrons. The number of rotatable bonds is 2. The molecular formula is C31H26NO+. The smallest absolute Gasteiger partial charge is 0.216 e. The quantitative estimate of drug-likeness (QED) is 0.254. The van der Waals surface area contributed by atoms with Gasteiger partial charge in [-0.05, 0) is 54.3 Å². The van der Waals surface area contributed by atoms with E-state index in [2.05, 4.69) is 0 Å². The molecule has 2 heteroatoms. The second-order valence-electron chi connectivity index (χ2n) is 8.55. The third-order valence-corrected chi connectivity index (χ3v) is 6.45. The molecule has 6 rings (SSSR count). The van der Waals surface area contributed by atoms with Crippen molar-refractivity contribution in [3.8, 4) is 22.4 Å². The number of benzene rings is 4. The van der Waals surface area contributed by atoms with Gasteiger partial charge in [-0.3, -0.25) is 0 Å². The van der Waals surface area contributed by atoms with Crippen LogP contribution in [0.4, 0.5) is 0 Å². The summed E-state index contributed by atoms with van der Waals surface area (Å²) < 4.78 is 57.9. The first kappa shape index (κ1) is 14.3. The fraction of sp³-hybridized carbons (Fsp3) is 0.129. The van der Waals surface area contributed by atoms with Crippen molar-refractivity contribution in [3.05, 3.63) is 102 Å². The van der Waals surface area contributed by atoms with Gasteiger partial charge < -0.3 is 4.42 Å². The first-order valence-electron chi connectivity index (χ1n) is 13.9. The second-order valence-corrected chi connectivity index (χ2v) is 8.55. The van der Waals surface area contributed by atoms with Crippen LogP contribution >= 0.6 is 0 Å². The van der Waals surface area contributed by atoms with Crippen molar-refractivity contribution in [2.45, 2.75) is 20.6 Å². The van der Waals surface area contributed by atoms with Crippen LogP contribution in [-0.4, -0.2) is 0 Å². The minimum absolute atomic E-state index is 0.234. The van der Waals surface area contributed by atoms with Crippen molar-refractivity contribution in [1.29, 1.82) is 0 Å². The SMILES string of the molecule is [2H]C([2H])([2H])c1c[n+](C)c(-c2c(C)cc(C([2H])([2H])[2H])c3c2oc2c4ccccc4ccc23)cc1-c1ccccc1. The van der Waals surface area contributed by atoms with Gasteiger partial charge in [0.15, 0.2) is 6.20 Å². The highest BCUT2D eigenvalue weighted by atomic mass is 16.3. The average molecular weight is 435 g/mol. The molecule has 0 N–H and O–H groups in total. The molecule has 0 amide bonds. The van der Waals surface area contributed by atoms with Crippen molar-refractivity contribution in [3.63, 3.8) is 0 Å². The van der Waals surface area contributed by atoms with Crippen LogP contribution in [0, 0.1) is 20.6 Å². The van der Waals surface area contributed by atoms with Gasteiger partial charge in [-0.1, -0.05) is 66.7 Å². The Labute approximate surface area is 202 Å². The maximum atomic E-state index is 8.31. The van der Waals surface area contributed by atoms with Gasteiger partial charge in [0, 0.05) is 36.0 Å². The molecule has 33 heavy (non-hydrogen) atoms. The van der Waals surface area contributed by atoms with E-state index in [-0.39, 0.29) is 11.1 Å². The summed E-state index contributed by atoms with van der Waals surface area (Å²) in [6.07, 6.45) is 1.64. The van der Waals surface area contributed by atoms with Gasteiger partial charge in [0.2, 0.25) is 5.69 Å². The molecule has 0 spiro atoms. The monoisotopic (exact) mass is 434 g/mol. The van der Waals surface area contributed by atoms with Crippen molar-refractivity contribution < 1.29 is 17.2 Å². The zero-order chi connectivity index (χ0) is 27.7. The summed E-state index contributed by atoms with van der Waals surface area (Å²) in [6.45, 7) is -2.81. The number of furan rings is 1. The molecule has 0 aliphatic carbocycles. The second kappa shape index (κ2) is 7.31. The minimum atomic E-state index is -2.35. The number of nitrogens with zero attached hydrogens (tertiary/aromatic N) is 1. The van der Waals surface area contributed by atoms with E-state index in [4.69, 9.17) is 12.6 Å². The van der Waals surface area contributed by atoms with Gasteiger partial charge in [-0.15, -0.1) is 0 Å². The summed E-state index contributed by atoms with van der Waals surface area (Å²) in [4.78, 5) is 0. The predicted molar refractivity (Wildman–Crippen MR) is 137 cm³/mol. The zero-order valence-corrected chi connectivity index (χ0v) is 18.4. The number of hydrogen-bond donors (Lipinski definition) is 0. The minimum Gasteiger partial charge on any atom is -0.454 e. The summed E-state index contributed by atoms with van der Waals surface area (Å²) in [5.41, 5.74) is 5.15. The Kier molecular flexibility index (Phi) is 3.17.